The normalized spacial score (nSPS) is 11.4. The molecule has 0 unspecified atom stereocenters. The van der Waals surface area contributed by atoms with E-state index in [-0.39, 0.29) is 22.9 Å². The van der Waals surface area contributed by atoms with Gasteiger partial charge in [-0.25, -0.2) is 9.18 Å². The SMILES string of the molecule is Cc1nnnn1/C(=C\c1ccccc1)C(=O)OCc1c(F)cccc1Cl. The molecule has 0 aliphatic heterocycles. The zero-order chi connectivity index (χ0) is 18.5. The zero-order valence-electron chi connectivity index (χ0n) is 13.8. The second kappa shape index (κ2) is 7.88. The number of tetrazole rings is 1. The maximum atomic E-state index is 13.9. The Labute approximate surface area is 153 Å². The van der Waals surface area contributed by atoms with E-state index in [4.69, 9.17) is 16.3 Å². The minimum Gasteiger partial charge on any atom is -0.456 e. The number of ether oxygens (including phenoxy) is 1. The number of hydrogen-bond acceptors (Lipinski definition) is 5. The maximum absolute atomic E-state index is 13.9. The molecule has 132 valence electrons. The molecule has 3 rings (SSSR count). The molecule has 0 saturated carbocycles. The van der Waals surface area contributed by atoms with Gasteiger partial charge < -0.3 is 4.74 Å². The number of nitrogens with zero attached hydrogens (tertiary/aromatic N) is 4. The highest BCUT2D eigenvalue weighted by atomic mass is 35.5. The second-order valence-electron chi connectivity index (χ2n) is 5.35. The molecule has 1 heterocycles. The molecule has 0 atom stereocenters. The standard InChI is InChI=1S/C18H14ClFN4O2/c1-12-21-22-23-24(12)17(10-13-6-3-2-4-7-13)18(25)26-11-14-15(19)8-5-9-16(14)20/h2-10H,11H2,1H3/b17-10-. The van der Waals surface area contributed by atoms with Crippen LogP contribution in [0.2, 0.25) is 5.02 Å². The van der Waals surface area contributed by atoms with E-state index in [0.717, 1.165) is 5.56 Å². The number of esters is 1. The van der Waals surface area contributed by atoms with Crippen molar-refractivity contribution in [2.24, 2.45) is 0 Å². The molecule has 0 amide bonds. The van der Waals surface area contributed by atoms with Crippen LogP contribution in [-0.2, 0) is 16.1 Å². The first-order chi connectivity index (χ1) is 12.6. The Bertz CT molecular complexity index is 937. The zero-order valence-corrected chi connectivity index (χ0v) is 14.5. The molecule has 0 saturated heterocycles. The highest BCUT2D eigenvalue weighted by molar-refractivity contribution is 6.31. The maximum Gasteiger partial charge on any atom is 0.357 e. The van der Waals surface area contributed by atoms with Gasteiger partial charge in [0.05, 0.1) is 5.02 Å². The highest BCUT2D eigenvalue weighted by Gasteiger charge is 2.19. The van der Waals surface area contributed by atoms with Crippen LogP contribution in [0, 0.1) is 12.7 Å². The fraction of sp³-hybridized carbons (Fsp3) is 0.111. The number of aromatic nitrogens is 4. The van der Waals surface area contributed by atoms with Gasteiger partial charge in [-0.1, -0.05) is 48.0 Å². The Kier molecular flexibility index (Phi) is 5.38. The summed E-state index contributed by atoms with van der Waals surface area (Å²) < 4.78 is 20.4. The predicted molar refractivity (Wildman–Crippen MR) is 94.4 cm³/mol. The molecule has 1 aromatic heterocycles. The monoisotopic (exact) mass is 372 g/mol. The van der Waals surface area contributed by atoms with Gasteiger partial charge in [0.2, 0.25) is 0 Å². The van der Waals surface area contributed by atoms with Crippen molar-refractivity contribution in [1.82, 2.24) is 20.2 Å². The van der Waals surface area contributed by atoms with E-state index in [9.17, 15) is 9.18 Å². The van der Waals surface area contributed by atoms with Crippen LogP contribution >= 0.6 is 11.6 Å². The van der Waals surface area contributed by atoms with Crippen LogP contribution < -0.4 is 0 Å². The first kappa shape index (κ1) is 17.8. The van der Waals surface area contributed by atoms with E-state index in [1.807, 2.05) is 30.3 Å². The van der Waals surface area contributed by atoms with Crippen molar-refractivity contribution in [3.63, 3.8) is 0 Å². The van der Waals surface area contributed by atoms with E-state index in [1.165, 1.54) is 22.9 Å². The molecule has 3 aromatic rings. The number of carbonyl (C=O) groups is 1. The predicted octanol–water partition coefficient (Wildman–Crippen LogP) is 3.52. The van der Waals surface area contributed by atoms with Crippen molar-refractivity contribution in [3.05, 3.63) is 76.3 Å². The highest BCUT2D eigenvalue weighted by Crippen LogP contribution is 2.21. The lowest BCUT2D eigenvalue weighted by atomic mass is 10.2. The molecule has 0 spiro atoms. The average molecular weight is 373 g/mol. The number of hydrogen-bond donors (Lipinski definition) is 0. The van der Waals surface area contributed by atoms with Crippen molar-refractivity contribution in [1.29, 1.82) is 0 Å². The van der Waals surface area contributed by atoms with Crippen LogP contribution in [0.25, 0.3) is 11.8 Å². The van der Waals surface area contributed by atoms with Gasteiger partial charge in [0.1, 0.15) is 12.4 Å². The Hall–Kier alpha value is -3.06. The van der Waals surface area contributed by atoms with Crippen LogP contribution in [0.1, 0.15) is 17.0 Å². The minimum absolute atomic E-state index is 0.103. The van der Waals surface area contributed by atoms with Crippen LogP contribution in [0.3, 0.4) is 0 Å². The van der Waals surface area contributed by atoms with Crippen molar-refractivity contribution < 1.29 is 13.9 Å². The van der Waals surface area contributed by atoms with Gasteiger partial charge in [-0.3, -0.25) is 0 Å². The number of halogens is 2. The third-order valence-electron chi connectivity index (χ3n) is 3.57. The van der Waals surface area contributed by atoms with Crippen LogP contribution in [0.5, 0.6) is 0 Å². The molecule has 0 N–H and O–H groups in total. The molecule has 0 radical (unpaired) electrons. The van der Waals surface area contributed by atoms with E-state index in [2.05, 4.69) is 15.5 Å². The summed E-state index contributed by atoms with van der Waals surface area (Å²) in [5.74, 6) is -0.839. The Balaban J connectivity index is 1.89. The largest absolute Gasteiger partial charge is 0.456 e. The summed E-state index contributed by atoms with van der Waals surface area (Å²) in [6.07, 6.45) is 1.59. The van der Waals surface area contributed by atoms with Crippen molar-refractivity contribution in [2.75, 3.05) is 0 Å². The Morgan fingerprint density at radius 2 is 2.00 bits per heavy atom. The Morgan fingerprint density at radius 3 is 2.65 bits per heavy atom. The van der Waals surface area contributed by atoms with Gasteiger partial charge in [-0.05, 0) is 41.1 Å². The van der Waals surface area contributed by atoms with E-state index >= 15 is 0 Å². The average Bonchev–Trinajstić information content (AvgIpc) is 3.05. The van der Waals surface area contributed by atoms with Gasteiger partial charge in [0, 0.05) is 5.56 Å². The molecule has 0 bridgehead atoms. The number of rotatable bonds is 5. The fourth-order valence-electron chi connectivity index (χ4n) is 2.25. The number of carbonyl (C=O) groups excluding carboxylic acids is 1. The Morgan fingerprint density at radius 1 is 1.23 bits per heavy atom. The van der Waals surface area contributed by atoms with E-state index in [1.54, 1.807) is 13.0 Å². The molecule has 2 aromatic carbocycles. The molecule has 8 heteroatoms. The third-order valence-corrected chi connectivity index (χ3v) is 3.93. The topological polar surface area (TPSA) is 69.9 Å². The van der Waals surface area contributed by atoms with Gasteiger partial charge in [-0.15, -0.1) is 5.10 Å². The molecule has 0 aliphatic carbocycles. The summed E-state index contributed by atoms with van der Waals surface area (Å²) in [7, 11) is 0. The van der Waals surface area contributed by atoms with Crippen LogP contribution in [-0.4, -0.2) is 26.2 Å². The van der Waals surface area contributed by atoms with Gasteiger partial charge in [0.15, 0.2) is 11.5 Å². The van der Waals surface area contributed by atoms with Crippen molar-refractivity contribution in [2.45, 2.75) is 13.5 Å². The van der Waals surface area contributed by atoms with Crippen molar-refractivity contribution in [3.8, 4) is 0 Å². The summed E-state index contributed by atoms with van der Waals surface area (Å²) in [4.78, 5) is 12.6. The molecule has 0 fully saturated rings. The summed E-state index contributed by atoms with van der Waals surface area (Å²) in [6.45, 7) is 1.34. The molecular formula is C18H14ClFN4O2. The van der Waals surface area contributed by atoms with Gasteiger partial charge >= 0.3 is 5.97 Å². The first-order valence-electron chi connectivity index (χ1n) is 7.68. The molecule has 6 nitrogen and oxygen atoms in total. The third kappa shape index (κ3) is 3.94. The summed E-state index contributed by atoms with van der Waals surface area (Å²) in [5.41, 5.74) is 0.972. The molecular weight excluding hydrogens is 359 g/mol. The van der Waals surface area contributed by atoms with Crippen LogP contribution in [0.15, 0.2) is 48.5 Å². The number of aryl methyl sites for hydroxylation is 1. The second-order valence-corrected chi connectivity index (χ2v) is 5.76. The smallest absolute Gasteiger partial charge is 0.357 e. The number of benzene rings is 2. The first-order valence-corrected chi connectivity index (χ1v) is 8.06. The minimum atomic E-state index is -0.705. The molecule has 26 heavy (non-hydrogen) atoms. The van der Waals surface area contributed by atoms with Crippen LogP contribution in [0.4, 0.5) is 4.39 Å². The fourth-order valence-corrected chi connectivity index (χ4v) is 2.47. The van der Waals surface area contributed by atoms with Crippen molar-refractivity contribution >= 4 is 29.3 Å². The van der Waals surface area contributed by atoms with Gasteiger partial charge in [0.25, 0.3) is 0 Å². The summed E-state index contributed by atoms with van der Waals surface area (Å²) >= 11 is 5.96. The lowest BCUT2D eigenvalue weighted by Gasteiger charge is -2.10. The van der Waals surface area contributed by atoms with E-state index < -0.39 is 11.8 Å². The summed E-state index contributed by atoms with van der Waals surface area (Å²) in [6, 6.07) is 13.4. The lowest BCUT2D eigenvalue weighted by Crippen LogP contribution is -2.15. The lowest BCUT2D eigenvalue weighted by molar-refractivity contribution is -0.138. The van der Waals surface area contributed by atoms with E-state index in [0.29, 0.717) is 5.82 Å². The summed E-state index contributed by atoms with van der Waals surface area (Å²) in [5, 5.41) is 11.3. The molecule has 0 aliphatic rings. The quantitative estimate of drug-likeness (QED) is 0.506. The van der Waals surface area contributed by atoms with Gasteiger partial charge in [-0.2, -0.15) is 4.68 Å².